The van der Waals surface area contributed by atoms with Gasteiger partial charge in [-0.2, -0.15) is 0 Å². The predicted molar refractivity (Wildman–Crippen MR) is 84.9 cm³/mol. The van der Waals surface area contributed by atoms with Crippen LogP contribution in [0.15, 0.2) is 23.7 Å². The minimum absolute atomic E-state index is 0.0501. The Morgan fingerprint density at radius 2 is 1.90 bits per heavy atom. The molecule has 2 N–H and O–H groups in total. The Balaban J connectivity index is 1.79. The molecule has 108 valence electrons. The Morgan fingerprint density at radius 1 is 1.14 bits per heavy atom. The Morgan fingerprint density at radius 3 is 2.62 bits per heavy atom. The van der Waals surface area contributed by atoms with Crippen LogP contribution in [0, 0.1) is 0 Å². The largest absolute Gasteiger partial charge is 0.390 e. The molecule has 2 aromatic heterocycles. The van der Waals surface area contributed by atoms with Crippen LogP contribution in [0.5, 0.6) is 0 Å². The van der Waals surface area contributed by atoms with E-state index in [2.05, 4.69) is 20.3 Å². The second-order valence-electron chi connectivity index (χ2n) is 4.25. The number of fused-ring (bicyclic) bond motifs is 1. The highest BCUT2D eigenvalue weighted by molar-refractivity contribution is 7.09. The summed E-state index contributed by atoms with van der Waals surface area (Å²) in [6.07, 6.45) is 1.63. The van der Waals surface area contributed by atoms with Gasteiger partial charge in [-0.05, 0) is 12.1 Å². The van der Waals surface area contributed by atoms with E-state index in [0.717, 1.165) is 5.01 Å². The van der Waals surface area contributed by atoms with Crippen molar-refractivity contribution in [2.75, 3.05) is 5.32 Å². The van der Waals surface area contributed by atoms with E-state index in [9.17, 15) is 0 Å². The highest BCUT2D eigenvalue weighted by Gasteiger charge is 2.06. The van der Waals surface area contributed by atoms with Gasteiger partial charge in [-0.15, -0.1) is 11.3 Å². The first-order valence-corrected chi connectivity index (χ1v) is 7.69. The average Bonchev–Trinajstić information content (AvgIpc) is 2.94. The molecule has 5 nitrogen and oxygen atoms in total. The second kappa shape index (κ2) is 6.11. The van der Waals surface area contributed by atoms with E-state index in [1.165, 1.54) is 11.3 Å². The summed E-state index contributed by atoms with van der Waals surface area (Å²) in [6.45, 7) is 0.470. The molecule has 2 heterocycles. The summed E-state index contributed by atoms with van der Waals surface area (Å²) in [4.78, 5) is 13.0. The lowest BCUT2D eigenvalue weighted by Gasteiger charge is -2.05. The van der Waals surface area contributed by atoms with Gasteiger partial charge in [0.2, 0.25) is 0 Å². The third-order valence-electron chi connectivity index (χ3n) is 2.77. The number of aromatic nitrogens is 3. The van der Waals surface area contributed by atoms with Crippen molar-refractivity contribution in [1.29, 1.82) is 0 Å². The fourth-order valence-electron chi connectivity index (χ4n) is 1.76. The Labute approximate surface area is 134 Å². The lowest BCUT2D eigenvalue weighted by molar-refractivity contribution is 0.277. The number of hydrogen-bond acceptors (Lipinski definition) is 6. The smallest absolute Gasteiger partial charge is 0.145 e. The van der Waals surface area contributed by atoms with E-state index in [4.69, 9.17) is 28.3 Å². The van der Waals surface area contributed by atoms with Gasteiger partial charge < -0.3 is 10.4 Å². The summed E-state index contributed by atoms with van der Waals surface area (Å²) >= 11 is 13.4. The van der Waals surface area contributed by atoms with E-state index in [1.54, 1.807) is 18.3 Å². The number of aliphatic hydroxyl groups excluding tert-OH is 1. The second-order valence-corrected chi connectivity index (χ2v) is 6.01. The number of nitrogens with zero attached hydrogens (tertiary/aromatic N) is 3. The normalized spacial score (nSPS) is 11.0. The lowest BCUT2D eigenvalue weighted by atomic mass is 10.3. The van der Waals surface area contributed by atoms with E-state index in [-0.39, 0.29) is 6.61 Å². The predicted octanol–water partition coefficient (Wildman–Crippen LogP) is 3.50. The molecule has 0 amide bonds. The number of thiazole rings is 1. The fraction of sp³-hybridized carbons (Fsp3) is 0.154. The van der Waals surface area contributed by atoms with Gasteiger partial charge in [0, 0.05) is 5.38 Å². The molecule has 0 aliphatic heterocycles. The highest BCUT2D eigenvalue weighted by atomic mass is 35.5. The van der Waals surface area contributed by atoms with Crippen LogP contribution in [-0.4, -0.2) is 20.1 Å². The van der Waals surface area contributed by atoms with Crippen molar-refractivity contribution in [1.82, 2.24) is 15.0 Å². The quantitative estimate of drug-likeness (QED) is 0.760. The minimum Gasteiger partial charge on any atom is -0.390 e. The van der Waals surface area contributed by atoms with Crippen molar-refractivity contribution in [3.8, 4) is 0 Å². The summed E-state index contributed by atoms with van der Waals surface area (Å²) in [5.41, 5.74) is 2.03. The van der Waals surface area contributed by atoms with E-state index >= 15 is 0 Å². The molecule has 0 saturated heterocycles. The lowest BCUT2D eigenvalue weighted by Crippen LogP contribution is -2.02. The third-order valence-corrected chi connectivity index (χ3v) is 4.39. The number of hydrogen-bond donors (Lipinski definition) is 2. The topological polar surface area (TPSA) is 70.9 Å². The molecule has 0 radical (unpaired) electrons. The van der Waals surface area contributed by atoms with Crippen LogP contribution < -0.4 is 5.32 Å². The molecule has 0 fully saturated rings. The molecule has 1 aromatic carbocycles. The van der Waals surface area contributed by atoms with Crippen molar-refractivity contribution >= 4 is 51.4 Å². The molecule has 0 aliphatic carbocycles. The molecule has 0 spiro atoms. The van der Waals surface area contributed by atoms with Crippen LogP contribution in [0.25, 0.3) is 11.0 Å². The molecule has 0 unspecified atom stereocenters. The fourth-order valence-corrected chi connectivity index (χ4v) is 2.80. The van der Waals surface area contributed by atoms with Crippen molar-refractivity contribution in [2.24, 2.45) is 0 Å². The SMILES string of the molecule is OCc1csc(CNc2cnc3cc(Cl)c(Cl)cc3n2)n1. The summed E-state index contributed by atoms with van der Waals surface area (Å²) in [5.74, 6) is 0.627. The number of anilines is 1. The number of halogens is 2. The van der Waals surface area contributed by atoms with Gasteiger partial charge in [0.1, 0.15) is 10.8 Å². The van der Waals surface area contributed by atoms with Crippen molar-refractivity contribution < 1.29 is 5.11 Å². The van der Waals surface area contributed by atoms with Gasteiger partial charge >= 0.3 is 0 Å². The number of benzene rings is 1. The summed E-state index contributed by atoms with van der Waals surface area (Å²) in [5, 5.41) is 15.7. The zero-order valence-corrected chi connectivity index (χ0v) is 13.0. The Hall–Kier alpha value is -1.47. The maximum atomic E-state index is 8.98. The molecule has 0 bridgehead atoms. The van der Waals surface area contributed by atoms with E-state index < -0.39 is 0 Å². The zero-order valence-electron chi connectivity index (χ0n) is 10.7. The highest BCUT2D eigenvalue weighted by Crippen LogP contribution is 2.26. The van der Waals surface area contributed by atoms with Crippen LogP contribution in [0.2, 0.25) is 10.0 Å². The maximum absolute atomic E-state index is 8.98. The van der Waals surface area contributed by atoms with Crippen LogP contribution in [0.4, 0.5) is 5.82 Å². The van der Waals surface area contributed by atoms with Crippen molar-refractivity contribution in [3.05, 3.63) is 44.5 Å². The molecule has 0 saturated carbocycles. The molecule has 0 aliphatic rings. The first kappa shape index (κ1) is 14.5. The number of aliphatic hydroxyl groups is 1. The first-order chi connectivity index (χ1) is 10.2. The van der Waals surface area contributed by atoms with Gasteiger partial charge in [-0.25, -0.2) is 9.97 Å². The monoisotopic (exact) mass is 340 g/mol. The molecular weight excluding hydrogens is 331 g/mol. The molecule has 21 heavy (non-hydrogen) atoms. The molecular formula is C13H10Cl2N4OS. The number of rotatable bonds is 4. The van der Waals surface area contributed by atoms with Crippen molar-refractivity contribution in [2.45, 2.75) is 13.2 Å². The van der Waals surface area contributed by atoms with E-state index in [1.807, 2.05) is 5.38 Å². The molecule has 0 atom stereocenters. The Kier molecular flexibility index (Phi) is 4.21. The minimum atomic E-state index is -0.0501. The molecule has 3 rings (SSSR count). The Bertz CT molecular complexity index is 793. The van der Waals surface area contributed by atoms with Gasteiger partial charge in [0.15, 0.2) is 0 Å². The van der Waals surface area contributed by atoms with Gasteiger partial charge in [0.25, 0.3) is 0 Å². The summed E-state index contributed by atoms with van der Waals surface area (Å²) in [6, 6.07) is 3.37. The first-order valence-electron chi connectivity index (χ1n) is 6.05. The summed E-state index contributed by atoms with van der Waals surface area (Å²) < 4.78 is 0. The van der Waals surface area contributed by atoms with Crippen LogP contribution in [-0.2, 0) is 13.2 Å². The molecule has 3 aromatic rings. The van der Waals surface area contributed by atoms with Crippen LogP contribution >= 0.6 is 34.5 Å². The maximum Gasteiger partial charge on any atom is 0.145 e. The molecule has 8 heteroatoms. The van der Waals surface area contributed by atoms with E-state index in [0.29, 0.717) is 39.1 Å². The number of nitrogens with one attached hydrogen (secondary N) is 1. The van der Waals surface area contributed by atoms with Gasteiger partial charge in [-0.3, -0.25) is 4.98 Å². The standard InChI is InChI=1S/C13H10Cl2N4OS/c14-8-1-10-11(2-9(8)15)19-12(3-16-10)17-4-13-18-7(5-20)6-21-13/h1-3,6,20H,4-5H2,(H,17,19). The van der Waals surface area contributed by atoms with Crippen LogP contribution in [0.3, 0.4) is 0 Å². The average molecular weight is 341 g/mol. The van der Waals surface area contributed by atoms with Gasteiger partial charge in [0.05, 0.1) is 46.1 Å². The van der Waals surface area contributed by atoms with Crippen molar-refractivity contribution in [3.63, 3.8) is 0 Å². The zero-order chi connectivity index (χ0) is 14.8. The van der Waals surface area contributed by atoms with Crippen LogP contribution in [0.1, 0.15) is 10.7 Å². The van der Waals surface area contributed by atoms with Gasteiger partial charge in [-0.1, -0.05) is 23.2 Å². The third kappa shape index (κ3) is 3.24. The summed E-state index contributed by atoms with van der Waals surface area (Å²) in [7, 11) is 0.